The summed E-state index contributed by atoms with van der Waals surface area (Å²) in [6.07, 6.45) is 2.73. The SMILES string of the molecule is CCN1CCCC1c1ccc(C)s1. The van der Waals surface area contributed by atoms with E-state index in [4.69, 9.17) is 0 Å². The molecular weight excluding hydrogens is 178 g/mol. The maximum Gasteiger partial charge on any atom is 0.0441 e. The van der Waals surface area contributed by atoms with Gasteiger partial charge in [0.05, 0.1) is 0 Å². The zero-order valence-electron chi connectivity index (χ0n) is 8.42. The number of thiophene rings is 1. The van der Waals surface area contributed by atoms with Crippen LogP contribution in [0.5, 0.6) is 0 Å². The third-order valence-corrected chi connectivity index (χ3v) is 3.96. The number of nitrogens with zero attached hydrogens (tertiary/aromatic N) is 1. The van der Waals surface area contributed by atoms with E-state index in [0.717, 1.165) is 6.04 Å². The first-order valence-corrected chi connectivity index (χ1v) is 5.93. The summed E-state index contributed by atoms with van der Waals surface area (Å²) in [5.74, 6) is 0. The number of rotatable bonds is 2. The van der Waals surface area contributed by atoms with E-state index in [2.05, 4.69) is 30.9 Å². The Bertz CT molecular complexity index is 279. The third kappa shape index (κ3) is 1.79. The lowest BCUT2D eigenvalue weighted by Crippen LogP contribution is -2.21. The summed E-state index contributed by atoms with van der Waals surface area (Å²) in [6.45, 7) is 6.94. The van der Waals surface area contributed by atoms with Crippen LogP contribution in [0.3, 0.4) is 0 Å². The van der Waals surface area contributed by atoms with Crippen molar-refractivity contribution in [3.63, 3.8) is 0 Å². The molecule has 1 fully saturated rings. The number of likely N-dealkylation sites (tertiary alicyclic amines) is 1. The second-order valence-electron chi connectivity index (χ2n) is 3.74. The Hall–Kier alpha value is -0.340. The minimum absolute atomic E-state index is 0.726. The van der Waals surface area contributed by atoms with Crippen LogP contribution in [0.1, 0.15) is 35.6 Å². The lowest BCUT2D eigenvalue weighted by molar-refractivity contribution is 0.275. The highest BCUT2D eigenvalue weighted by Crippen LogP contribution is 2.35. The van der Waals surface area contributed by atoms with Crippen molar-refractivity contribution >= 4 is 11.3 Å². The van der Waals surface area contributed by atoms with E-state index in [1.807, 2.05) is 11.3 Å². The Kier molecular flexibility index (Phi) is 2.70. The van der Waals surface area contributed by atoms with Crippen molar-refractivity contribution in [3.05, 3.63) is 21.9 Å². The smallest absolute Gasteiger partial charge is 0.0441 e. The average Bonchev–Trinajstić information content (AvgIpc) is 2.71. The highest BCUT2D eigenvalue weighted by atomic mass is 32.1. The van der Waals surface area contributed by atoms with Gasteiger partial charge in [-0.2, -0.15) is 0 Å². The summed E-state index contributed by atoms with van der Waals surface area (Å²) < 4.78 is 0. The van der Waals surface area contributed by atoms with E-state index >= 15 is 0 Å². The summed E-state index contributed by atoms with van der Waals surface area (Å²) in [5.41, 5.74) is 0. The van der Waals surface area contributed by atoms with Crippen LogP contribution in [0.2, 0.25) is 0 Å². The highest BCUT2D eigenvalue weighted by molar-refractivity contribution is 7.12. The number of aryl methyl sites for hydroxylation is 1. The molecular formula is C11H17NS. The van der Waals surface area contributed by atoms with Gasteiger partial charge in [0, 0.05) is 15.8 Å². The van der Waals surface area contributed by atoms with Gasteiger partial charge < -0.3 is 0 Å². The van der Waals surface area contributed by atoms with Crippen molar-refractivity contribution in [2.75, 3.05) is 13.1 Å². The summed E-state index contributed by atoms with van der Waals surface area (Å²) in [7, 11) is 0. The van der Waals surface area contributed by atoms with Gasteiger partial charge in [0.15, 0.2) is 0 Å². The molecule has 1 aliphatic heterocycles. The van der Waals surface area contributed by atoms with Gasteiger partial charge in [0.2, 0.25) is 0 Å². The number of hydrogen-bond donors (Lipinski definition) is 0. The monoisotopic (exact) mass is 195 g/mol. The first-order valence-electron chi connectivity index (χ1n) is 5.11. The van der Waals surface area contributed by atoms with Gasteiger partial charge in [-0.25, -0.2) is 0 Å². The van der Waals surface area contributed by atoms with Gasteiger partial charge in [-0.05, 0) is 45.0 Å². The summed E-state index contributed by atoms with van der Waals surface area (Å²) in [4.78, 5) is 5.60. The van der Waals surface area contributed by atoms with Gasteiger partial charge in [-0.15, -0.1) is 11.3 Å². The lowest BCUT2D eigenvalue weighted by Gasteiger charge is -2.21. The molecule has 1 aromatic rings. The molecule has 2 rings (SSSR count). The van der Waals surface area contributed by atoms with Crippen LogP contribution < -0.4 is 0 Å². The van der Waals surface area contributed by atoms with Crippen molar-refractivity contribution in [3.8, 4) is 0 Å². The molecule has 1 aromatic heterocycles. The van der Waals surface area contributed by atoms with E-state index in [9.17, 15) is 0 Å². The fourth-order valence-corrected chi connectivity index (χ4v) is 3.21. The molecule has 0 aliphatic carbocycles. The molecule has 1 nitrogen and oxygen atoms in total. The molecule has 0 amide bonds. The Balaban J connectivity index is 2.15. The van der Waals surface area contributed by atoms with Gasteiger partial charge in [0.25, 0.3) is 0 Å². The van der Waals surface area contributed by atoms with Crippen LogP contribution in [0.15, 0.2) is 12.1 Å². The molecule has 1 unspecified atom stereocenters. The van der Waals surface area contributed by atoms with Gasteiger partial charge in [-0.1, -0.05) is 6.92 Å². The van der Waals surface area contributed by atoms with Gasteiger partial charge in [0.1, 0.15) is 0 Å². The minimum Gasteiger partial charge on any atom is -0.296 e. The standard InChI is InChI=1S/C11H17NS/c1-3-12-8-4-5-10(12)11-7-6-9(2)13-11/h6-7,10H,3-5,8H2,1-2H3. The molecule has 0 aromatic carbocycles. The van der Waals surface area contributed by atoms with E-state index in [0.29, 0.717) is 0 Å². The zero-order valence-corrected chi connectivity index (χ0v) is 9.23. The Morgan fingerprint density at radius 2 is 2.38 bits per heavy atom. The minimum atomic E-state index is 0.726. The molecule has 0 bridgehead atoms. The summed E-state index contributed by atoms with van der Waals surface area (Å²) in [6, 6.07) is 5.27. The molecule has 0 saturated carbocycles. The van der Waals surface area contributed by atoms with Crippen LogP contribution >= 0.6 is 11.3 Å². The average molecular weight is 195 g/mol. The van der Waals surface area contributed by atoms with Gasteiger partial charge >= 0.3 is 0 Å². The van der Waals surface area contributed by atoms with Crippen molar-refractivity contribution in [2.45, 2.75) is 32.7 Å². The lowest BCUT2D eigenvalue weighted by atomic mass is 10.2. The molecule has 72 valence electrons. The summed E-state index contributed by atoms with van der Waals surface area (Å²) in [5, 5.41) is 0. The van der Waals surface area contributed by atoms with E-state index in [1.165, 1.54) is 30.8 Å². The Labute approximate surface area is 84.4 Å². The molecule has 0 radical (unpaired) electrons. The molecule has 0 N–H and O–H groups in total. The maximum atomic E-state index is 2.59. The molecule has 0 spiro atoms. The third-order valence-electron chi connectivity index (χ3n) is 2.86. The van der Waals surface area contributed by atoms with E-state index in [-0.39, 0.29) is 0 Å². The van der Waals surface area contributed by atoms with E-state index in [1.54, 1.807) is 4.88 Å². The quantitative estimate of drug-likeness (QED) is 0.700. The summed E-state index contributed by atoms with van der Waals surface area (Å²) >= 11 is 1.96. The van der Waals surface area contributed by atoms with Crippen LogP contribution in [0, 0.1) is 6.92 Å². The second-order valence-corrected chi connectivity index (χ2v) is 5.05. The predicted octanol–water partition coefficient (Wildman–Crippen LogP) is 3.21. The first kappa shape index (κ1) is 9.22. The van der Waals surface area contributed by atoms with Crippen LogP contribution in [-0.4, -0.2) is 18.0 Å². The zero-order chi connectivity index (χ0) is 9.26. The maximum absolute atomic E-state index is 2.59. The van der Waals surface area contributed by atoms with Gasteiger partial charge in [-0.3, -0.25) is 4.90 Å². The Morgan fingerprint density at radius 1 is 1.54 bits per heavy atom. The molecule has 1 atom stereocenters. The van der Waals surface area contributed by atoms with Crippen LogP contribution in [-0.2, 0) is 0 Å². The number of hydrogen-bond acceptors (Lipinski definition) is 2. The first-order chi connectivity index (χ1) is 6.31. The van der Waals surface area contributed by atoms with Crippen molar-refractivity contribution < 1.29 is 0 Å². The van der Waals surface area contributed by atoms with Crippen LogP contribution in [0.4, 0.5) is 0 Å². The molecule has 2 heteroatoms. The second kappa shape index (κ2) is 3.81. The largest absolute Gasteiger partial charge is 0.296 e. The fraction of sp³-hybridized carbons (Fsp3) is 0.636. The predicted molar refractivity (Wildman–Crippen MR) is 58.3 cm³/mol. The normalized spacial score (nSPS) is 24.0. The fourth-order valence-electron chi connectivity index (χ4n) is 2.16. The molecule has 1 saturated heterocycles. The van der Waals surface area contributed by atoms with E-state index < -0.39 is 0 Å². The molecule has 2 heterocycles. The van der Waals surface area contributed by atoms with Crippen LogP contribution in [0.25, 0.3) is 0 Å². The highest BCUT2D eigenvalue weighted by Gasteiger charge is 2.25. The van der Waals surface area contributed by atoms with Crippen molar-refractivity contribution in [1.29, 1.82) is 0 Å². The molecule has 1 aliphatic rings. The van der Waals surface area contributed by atoms with Crippen molar-refractivity contribution in [1.82, 2.24) is 4.90 Å². The van der Waals surface area contributed by atoms with Crippen molar-refractivity contribution in [2.24, 2.45) is 0 Å². The Morgan fingerprint density at radius 3 is 3.00 bits per heavy atom. The topological polar surface area (TPSA) is 3.24 Å². The molecule has 13 heavy (non-hydrogen) atoms.